The SMILES string of the molecule is CC(=O)N=C1SC2CS(=O)(=O)CC2N1c1ccc(OCc2ccccc2)cc1. The molecule has 1 amide bonds. The van der Waals surface area contributed by atoms with Crippen LogP contribution in [0.15, 0.2) is 59.6 Å². The second-order valence-electron chi connectivity index (χ2n) is 6.85. The topological polar surface area (TPSA) is 76.0 Å². The molecule has 2 unspecified atom stereocenters. The highest BCUT2D eigenvalue weighted by Crippen LogP contribution is 2.41. The van der Waals surface area contributed by atoms with E-state index in [0.29, 0.717) is 11.8 Å². The molecule has 2 aliphatic rings. The van der Waals surface area contributed by atoms with Crippen LogP contribution in [0.1, 0.15) is 12.5 Å². The summed E-state index contributed by atoms with van der Waals surface area (Å²) in [6.45, 7) is 1.87. The number of amides is 1. The number of nitrogens with zero attached hydrogens (tertiary/aromatic N) is 2. The lowest BCUT2D eigenvalue weighted by molar-refractivity contribution is -0.115. The molecule has 28 heavy (non-hydrogen) atoms. The van der Waals surface area contributed by atoms with E-state index in [9.17, 15) is 13.2 Å². The van der Waals surface area contributed by atoms with Gasteiger partial charge in [0.15, 0.2) is 15.0 Å². The minimum Gasteiger partial charge on any atom is -0.489 e. The van der Waals surface area contributed by atoms with Gasteiger partial charge in [-0.05, 0) is 29.8 Å². The van der Waals surface area contributed by atoms with Gasteiger partial charge in [-0.2, -0.15) is 4.99 Å². The fourth-order valence-electron chi connectivity index (χ4n) is 3.44. The van der Waals surface area contributed by atoms with Gasteiger partial charge in [0, 0.05) is 17.9 Å². The standard InChI is InChI=1S/C20H20N2O4S2/c1-14(23)21-20-22(18-12-28(24,25)13-19(18)27-20)16-7-9-17(10-8-16)26-11-15-5-3-2-4-6-15/h2-10,18-19H,11-13H2,1H3. The number of sulfone groups is 1. The molecular formula is C20H20N2O4S2. The molecule has 2 aromatic carbocycles. The first-order valence-electron chi connectivity index (χ1n) is 8.94. The molecule has 0 N–H and O–H groups in total. The van der Waals surface area contributed by atoms with E-state index in [1.807, 2.05) is 59.5 Å². The molecule has 8 heteroatoms. The summed E-state index contributed by atoms with van der Waals surface area (Å²) >= 11 is 1.37. The van der Waals surface area contributed by atoms with E-state index in [4.69, 9.17) is 4.74 Å². The maximum atomic E-state index is 12.1. The summed E-state index contributed by atoms with van der Waals surface area (Å²) in [5.41, 5.74) is 1.89. The van der Waals surface area contributed by atoms with Crippen LogP contribution >= 0.6 is 11.8 Å². The highest BCUT2D eigenvalue weighted by molar-refractivity contribution is 8.16. The predicted molar refractivity (Wildman–Crippen MR) is 112 cm³/mol. The molecule has 0 saturated carbocycles. The molecule has 0 aromatic heterocycles. The normalized spacial score (nSPS) is 24.3. The summed E-state index contributed by atoms with van der Waals surface area (Å²) in [4.78, 5) is 17.5. The minimum absolute atomic E-state index is 0.0772. The van der Waals surface area contributed by atoms with Crippen molar-refractivity contribution in [2.75, 3.05) is 16.4 Å². The largest absolute Gasteiger partial charge is 0.489 e. The lowest BCUT2D eigenvalue weighted by Crippen LogP contribution is -2.37. The Bertz CT molecular complexity index is 1000. The zero-order valence-corrected chi connectivity index (χ0v) is 16.9. The van der Waals surface area contributed by atoms with Crippen LogP contribution in [0.5, 0.6) is 5.75 Å². The van der Waals surface area contributed by atoms with Gasteiger partial charge >= 0.3 is 0 Å². The van der Waals surface area contributed by atoms with Crippen LogP contribution in [-0.4, -0.2) is 42.3 Å². The van der Waals surface area contributed by atoms with Crippen LogP contribution in [0.25, 0.3) is 0 Å². The summed E-state index contributed by atoms with van der Waals surface area (Å²) in [5, 5.41) is 0.465. The third-order valence-electron chi connectivity index (χ3n) is 4.68. The summed E-state index contributed by atoms with van der Waals surface area (Å²) in [6.07, 6.45) is 0. The first-order valence-corrected chi connectivity index (χ1v) is 11.6. The molecule has 2 saturated heterocycles. The number of thioether (sulfide) groups is 1. The van der Waals surface area contributed by atoms with Crippen LogP contribution in [0.2, 0.25) is 0 Å². The molecule has 4 rings (SSSR count). The number of aliphatic imine (C=N–C) groups is 1. The Morgan fingerprint density at radius 1 is 1.14 bits per heavy atom. The van der Waals surface area contributed by atoms with Crippen molar-refractivity contribution in [1.82, 2.24) is 0 Å². The Hall–Kier alpha value is -2.32. The molecule has 2 aromatic rings. The molecule has 0 aliphatic carbocycles. The van der Waals surface area contributed by atoms with Gasteiger partial charge in [0.1, 0.15) is 12.4 Å². The molecule has 2 atom stereocenters. The van der Waals surface area contributed by atoms with Crippen molar-refractivity contribution < 1.29 is 17.9 Å². The number of amidine groups is 1. The molecular weight excluding hydrogens is 396 g/mol. The number of hydrogen-bond acceptors (Lipinski definition) is 5. The highest BCUT2D eigenvalue weighted by atomic mass is 32.2. The number of hydrogen-bond donors (Lipinski definition) is 0. The molecule has 2 fully saturated rings. The summed E-state index contributed by atoms with van der Waals surface area (Å²) in [7, 11) is -3.07. The summed E-state index contributed by atoms with van der Waals surface area (Å²) < 4.78 is 29.9. The van der Waals surface area contributed by atoms with Crippen molar-refractivity contribution >= 4 is 38.4 Å². The zero-order valence-electron chi connectivity index (χ0n) is 15.3. The van der Waals surface area contributed by atoms with Crippen molar-refractivity contribution in [3.63, 3.8) is 0 Å². The highest BCUT2D eigenvalue weighted by Gasteiger charge is 2.49. The lowest BCUT2D eigenvalue weighted by atomic mass is 10.2. The Kier molecular flexibility index (Phi) is 5.16. The average molecular weight is 417 g/mol. The van der Waals surface area contributed by atoms with Crippen LogP contribution in [0, 0.1) is 0 Å². The van der Waals surface area contributed by atoms with E-state index >= 15 is 0 Å². The molecule has 0 radical (unpaired) electrons. The maximum Gasteiger partial charge on any atom is 0.244 e. The van der Waals surface area contributed by atoms with Gasteiger partial charge in [0.2, 0.25) is 5.91 Å². The van der Waals surface area contributed by atoms with E-state index in [2.05, 4.69) is 4.99 Å². The first-order chi connectivity index (χ1) is 13.4. The Labute approximate surface area is 168 Å². The fraction of sp³-hybridized carbons (Fsp3) is 0.300. The zero-order chi connectivity index (χ0) is 19.7. The molecule has 2 aliphatic heterocycles. The second kappa shape index (κ2) is 7.60. The average Bonchev–Trinajstić information content (AvgIpc) is 3.11. The third-order valence-corrected chi connectivity index (χ3v) is 7.89. The van der Waals surface area contributed by atoms with Crippen molar-refractivity contribution in [3.8, 4) is 5.75 Å². The predicted octanol–water partition coefficient (Wildman–Crippen LogP) is 2.89. The maximum absolute atomic E-state index is 12.1. The van der Waals surface area contributed by atoms with E-state index in [1.165, 1.54) is 18.7 Å². The summed E-state index contributed by atoms with van der Waals surface area (Å²) in [5.74, 6) is 0.625. The van der Waals surface area contributed by atoms with Crippen molar-refractivity contribution in [3.05, 3.63) is 60.2 Å². The van der Waals surface area contributed by atoms with Gasteiger partial charge < -0.3 is 9.64 Å². The molecule has 6 nitrogen and oxygen atoms in total. The lowest BCUT2D eigenvalue weighted by Gasteiger charge is -2.24. The van der Waals surface area contributed by atoms with Gasteiger partial charge in [0.05, 0.1) is 17.5 Å². The van der Waals surface area contributed by atoms with Gasteiger partial charge in [-0.25, -0.2) is 8.42 Å². The molecule has 0 bridgehead atoms. The van der Waals surface area contributed by atoms with Crippen LogP contribution in [0.3, 0.4) is 0 Å². The fourth-order valence-corrected chi connectivity index (χ4v) is 7.40. The van der Waals surface area contributed by atoms with Crippen molar-refractivity contribution in [1.29, 1.82) is 0 Å². The van der Waals surface area contributed by atoms with Gasteiger partial charge in [0.25, 0.3) is 0 Å². The number of ether oxygens (including phenoxy) is 1. The van der Waals surface area contributed by atoms with Crippen LogP contribution < -0.4 is 9.64 Å². The monoisotopic (exact) mass is 416 g/mol. The minimum atomic E-state index is -3.07. The number of fused-ring (bicyclic) bond motifs is 1. The molecule has 0 spiro atoms. The smallest absolute Gasteiger partial charge is 0.244 e. The van der Waals surface area contributed by atoms with Crippen LogP contribution in [-0.2, 0) is 21.2 Å². The number of carbonyl (C=O) groups excluding carboxylic acids is 1. The van der Waals surface area contributed by atoms with E-state index in [0.717, 1.165) is 17.0 Å². The van der Waals surface area contributed by atoms with Crippen molar-refractivity contribution in [2.24, 2.45) is 4.99 Å². The van der Waals surface area contributed by atoms with Crippen LogP contribution in [0.4, 0.5) is 5.69 Å². The van der Waals surface area contributed by atoms with E-state index in [-0.39, 0.29) is 28.7 Å². The Morgan fingerprint density at radius 3 is 2.54 bits per heavy atom. The Balaban J connectivity index is 1.54. The number of carbonyl (C=O) groups is 1. The van der Waals surface area contributed by atoms with Gasteiger partial charge in [-0.3, -0.25) is 4.79 Å². The summed E-state index contributed by atoms with van der Waals surface area (Å²) in [6, 6.07) is 17.2. The van der Waals surface area contributed by atoms with Gasteiger partial charge in [-0.15, -0.1) is 0 Å². The number of anilines is 1. The molecule has 146 valence electrons. The quantitative estimate of drug-likeness (QED) is 0.763. The number of benzene rings is 2. The third kappa shape index (κ3) is 4.07. The Morgan fingerprint density at radius 2 is 1.86 bits per heavy atom. The van der Waals surface area contributed by atoms with Crippen molar-refractivity contribution in [2.45, 2.75) is 24.8 Å². The first kappa shape index (κ1) is 19.0. The number of rotatable bonds is 4. The van der Waals surface area contributed by atoms with E-state index in [1.54, 1.807) is 0 Å². The molecule has 2 heterocycles. The van der Waals surface area contributed by atoms with E-state index < -0.39 is 9.84 Å². The van der Waals surface area contributed by atoms with Gasteiger partial charge in [-0.1, -0.05) is 42.1 Å². The second-order valence-corrected chi connectivity index (χ2v) is 10.2.